The molecule has 5 rings (SSSR count). The molecule has 2 aromatic carbocycles. The van der Waals surface area contributed by atoms with E-state index in [0.717, 1.165) is 53.6 Å². The Balaban J connectivity index is 1.05. The van der Waals surface area contributed by atoms with Gasteiger partial charge in [0.25, 0.3) is 5.91 Å². The Hall–Kier alpha value is -5.06. The number of carbonyl (C=O) groups is 5. The van der Waals surface area contributed by atoms with Crippen molar-refractivity contribution in [3.8, 4) is 10.4 Å². The molecule has 2 saturated heterocycles. The number of rotatable bonds is 15. The van der Waals surface area contributed by atoms with Gasteiger partial charge in [0.15, 0.2) is 0 Å². The molecule has 0 unspecified atom stereocenters. The molecule has 3 atom stereocenters. The molecule has 15 nitrogen and oxygen atoms in total. The second-order valence-corrected chi connectivity index (χ2v) is 16.0. The Labute approximate surface area is 332 Å². The second-order valence-electron chi connectivity index (χ2n) is 15.1. The van der Waals surface area contributed by atoms with Crippen LogP contribution in [0.3, 0.4) is 0 Å². The van der Waals surface area contributed by atoms with Gasteiger partial charge < -0.3 is 40.9 Å². The maximum absolute atomic E-state index is 13.9. The van der Waals surface area contributed by atoms with Crippen LogP contribution in [0.15, 0.2) is 54.0 Å². The fourth-order valence-electron chi connectivity index (χ4n) is 6.87. The highest BCUT2D eigenvalue weighted by Crippen LogP contribution is 2.30. The SMILES string of the molecule is Cc1ncsc1-c1ccc(CCNC(=O)[C@@H]2C[C@@H](O)CN2C(=O)C(C)(C)[C@H](C)NC(=O)CNC(=O)c2ccc(N3CCN(CCN(C)C(=O)O)CC3)cc2)cc1. The van der Waals surface area contributed by atoms with Crippen LogP contribution in [-0.4, -0.2) is 144 Å². The number of β-amino-alcohol motifs (C(OH)–C–C–N with tert-alkyl or cyclic N) is 1. The van der Waals surface area contributed by atoms with Crippen LogP contribution in [-0.2, 0) is 20.8 Å². The van der Waals surface area contributed by atoms with Crippen molar-refractivity contribution in [2.24, 2.45) is 5.41 Å². The smallest absolute Gasteiger partial charge is 0.407 e. The number of aliphatic hydroxyl groups is 1. The van der Waals surface area contributed by atoms with Gasteiger partial charge >= 0.3 is 6.09 Å². The predicted molar refractivity (Wildman–Crippen MR) is 215 cm³/mol. The summed E-state index contributed by atoms with van der Waals surface area (Å²) >= 11 is 1.59. The summed E-state index contributed by atoms with van der Waals surface area (Å²) in [6.07, 6.45) is -1.07. The van der Waals surface area contributed by atoms with Gasteiger partial charge in [0, 0.05) is 83.1 Å². The van der Waals surface area contributed by atoms with Crippen molar-refractivity contribution in [1.82, 2.24) is 35.6 Å². The molecule has 3 heterocycles. The molecule has 2 fully saturated rings. The minimum atomic E-state index is -1.13. The summed E-state index contributed by atoms with van der Waals surface area (Å²) in [5, 5.41) is 27.9. The number of aliphatic hydroxyl groups excluding tert-OH is 1. The quantitative estimate of drug-likeness (QED) is 0.153. The van der Waals surface area contributed by atoms with E-state index < -0.39 is 41.5 Å². The highest BCUT2D eigenvalue weighted by Gasteiger charge is 2.46. The first-order valence-corrected chi connectivity index (χ1v) is 19.9. The first kappa shape index (κ1) is 42.1. The Morgan fingerprint density at radius 1 is 1.00 bits per heavy atom. The van der Waals surface area contributed by atoms with Crippen LogP contribution in [0.25, 0.3) is 10.4 Å². The molecule has 0 spiro atoms. The second kappa shape index (κ2) is 18.7. The molecule has 0 saturated carbocycles. The molecule has 5 amide bonds. The topological polar surface area (TPSA) is 188 Å². The third kappa shape index (κ3) is 10.6. The molecule has 56 heavy (non-hydrogen) atoms. The van der Waals surface area contributed by atoms with Gasteiger partial charge in [-0.3, -0.25) is 24.1 Å². The Bertz CT molecular complexity index is 1840. The zero-order valence-electron chi connectivity index (χ0n) is 32.8. The lowest BCUT2D eigenvalue weighted by Crippen LogP contribution is -2.56. The number of nitrogens with zero attached hydrogens (tertiary/aromatic N) is 5. The Morgan fingerprint density at radius 3 is 2.30 bits per heavy atom. The van der Waals surface area contributed by atoms with Crippen molar-refractivity contribution < 1.29 is 34.2 Å². The van der Waals surface area contributed by atoms with E-state index in [1.165, 1.54) is 9.80 Å². The number of piperazine rings is 1. The fraction of sp³-hybridized carbons (Fsp3) is 0.500. The highest BCUT2D eigenvalue weighted by atomic mass is 32.1. The van der Waals surface area contributed by atoms with Crippen molar-refractivity contribution in [2.75, 3.05) is 70.9 Å². The molecule has 2 aliphatic rings. The van der Waals surface area contributed by atoms with Gasteiger partial charge in [-0.2, -0.15) is 0 Å². The number of aryl methyl sites for hydroxylation is 1. The highest BCUT2D eigenvalue weighted by molar-refractivity contribution is 7.13. The molecular formula is C40H54N8O7S. The summed E-state index contributed by atoms with van der Waals surface area (Å²) in [6, 6.07) is 13.8. The predicted octanol–water partition coefficient (Wildman–Crippen LogP) is 2.43. The third-order valence-electron chi connectivity index (χ3n) is 10.9. The van der Waals surface area contributed by atoms with E-state index in [2.05, 4.69) is 30.7 Å². The number of carbonyl (C=O) groups excluding carboxylic acids is 4. The maximum Gasteiger partial charge on any atom is 0.407 e. The van der Waals surface area contributed by atoms with Crippen LogP contribution in [0.2, 0.25) is 0 Å². The van der Waals surface area contributed by atoms with E-state index in [-0.39, 0.29) is 31.3 Å². The average Bonchev–Trinajstić information content (AvgIpc) is 3.81. The molecule has 2 aliphatic heterocycles. The summed E-state index contributed by atoms with van der Waals surface area (Å²) in [5.74, 6) is -1.59. The van der Waals surface area contributed by atoms with Crippen LogP contribution in [0.5, 0.6) is 0 Å². The summed E-state index contributed by atoms with van der Waals surface area (Å²) in [7, 11) is 1.56. The van der Waals surface area contributed by atoms with E-state index in [0.29, 0.717) is 31.6 Å². The van der Waals surface area contributed by atoms with Gasteiger partial charge in [-0.25, -0.2) is 9.78 Å². The van der Waals surface area contributed by atoms with Crippen molar-refractivity contribution in [3.63, 3.8) is 0 Å². The van der Waals surface area contributed by atoms with Crippen LogP contribution in [0, 0.1) is 12.3 Å². The van der Waals surface area contributed by atoms with Crippen molar-refractivity contribution in [3.05, 3.63) is 70.9 Å². The first-order valence-electron chi connectivity index (χ1n) is 19.0. The number of thiazole rings is 1. The molecule has 0 radical (unpaired) electrons. The molecule has 302 valence electrons. The van der Waals surface area contributed by atoms with Gasteiger partial charge in [-0.05, 0) is 69.5 Å². The monoisotopic (exact) mass is 790 g/mol. The van der Waals surface area contributed by atoms with Crippen molar-refractivity contribution in [2.45, 2.75) is 58.7 Å². The molecular weight excluding hydrogens is 737 g/mol. The zero-order chi connectivity index (χ0) is 40.6. The van der Waals surface area contributed by atoms with E-state index in [4.69, 9.17) is 5.11 Å². The minimum absolute atomic E-state index is 0.0109. The van der Waals surface area contributed by atoms with Gasteiger partial charge in [-0.15, -0.1) is 11.3 Å². The van der Waals surface area contributed by atoms with E-state index >= 15 is 0 Å². The van der Waals surface area contributed by atoms with Gasteiger partial charge in [-0.1, -0.05) is 24.3 Å². The van der Waals surface area contributed by atoms with E-state index in [1.807, 2.05) is 48.8 Å². The molecule has 3 aromatic rings. The number of hydrogen-bond donors (Lipinski definition) is 5. The first-order chi connectivity index (χ1) is 26.6. The summed E-state index contributed by atoms with van der Waals surface area (Å²) in [4.78, 5) is 76.6. The normalized spacial score (nSPS) is 18.0. The fourth-order valence-corrected chi connectivity index (χ4v) is 7.68. The largest absolute Gasteiger partial charge is 0.465 e. The number of hydrogen-bond acceptors (Lipinski definition) is 10. The van der Waals surface area contributed by atoms with E-state index in [9.17, 15) is 29.1 Å². The molecule has 16 heteroatoms. The number of carboxylic acid groups (broad SMARTS) is 1. The summed E-state index contributed by atoms with van der Waals surface area (Å²) < 4.78 is 0. The number of likely N-dealkylation sites (N-methyl/N-ethyl adjacent to an activating group) is 1. The minimum Gasteiger partial charge on any atom is -0.465 e. The molecule has 5 N–H and O–H groups in total. The number of nitrogens with one attached hydrogen (secondary N) is 3. The lowest BCUT2D eigenvalue weighted by atomic mass is 9.83. The van der Waals surface area contributed by atoms with Crippen LogP contribution < -0.4 is 20.9 Å². The average molecular weight is 791 g/mol. The number of anilines is 1. The van der Waals surface area contributed by atoms with Gasteiger partial charge in [0.05, 0.1) is 34.1 Å². The van der Waals surface area contributed by atoms with E-state index in [1.54, 1.807) is 51.3 Å². The van der Waals surface area contributed by atoms with Crippen LogP contribution >= 0.6 is 11.3 Å². The standard InChI is InChI=1S/C40H54N8O7S/c1-26-35(56-25-43-26)29-8-6-28(7-9-29)14-15-41-37(52)33-22-32(49)24-48(33)38(53)40(3,4)27(2)44-34(50)23-42-36(51)30-10-12-31(13-11-30)47-20-18-46(19-21-47)17-16-45(5)39(54)55/h6-13,25,27,32-33,49H,14-24H2,1-5H3,(H,41,52)(H,42,51)(H,44,50)(H,54,55)/t27-,32+,33-/m0/s1. The number of aromatic nitrogens is 1. The number of likely N-dealkylation sites (tertiary alicyclic amines) is 1. The van der Waals surface area contributed by atoms with Crippen molar-refractivity contribution in [1.29, 1.82) is 0 Å². The van der Waals surface area contributed by atoms with Crippen molar-refractivity contribution >= 4 is 46.7 Å². The molecule has 0 bridgehead atoms. The molecule has 0 aliphatic carbocycles. The number of benzene rings is 2. The van der Waals surface area contributed by atoms with Crippen LogP contribution in [0.1, 0.15) is 48.8 Å². The lowest BCUT2D eigenvalue weighted by molar-refractivity contribution is -0.147. The summed E-state index contributed by atoms with van der Waals surface area (Å²) in [5.41, 5.74) is 5.20. The van der Waals surface area contributed by atoms with Gasteiger partial charge in [0.2, 0.25) is 17.7 Å². The number of amides is 5. The maximum atomic E-state index is 13.9. The third-order valence-corrected chi connectivity index (χ3v) is 11.9. The lowest BCUT2D eigenvalue weighted by Gasteiger charge is -2.36. The summed E-state index contributed by atoms with van der Waals surface area (Å²) in [6.45, 7) is 11.4. The Kier molecular flexibility index (Phi) is 14.1. The van der Waals surface area contributed by atoms with Crippen LogP contribution in [0.4, 0.5) is 10.5 Å². The van der Waals surface area contributed by atoms with Gasteiger partial charge in [0.1, 0.15) is 6.04 Å². The zero-order valence-corrected chi connectivity index (χ0v) is 33.6. The molecule has 1 aromatic heterocycles. The Morgan fingerprint density at radius 2 is 1.68 bits per heavy atom.